The molecular formula is C13H13F3N2O. The standard InChI is InChI=1S/C13H13F3N2O/c14-13(15,16)12(4-2-5-12)11(19)18-7-9-3-1-6-17-10(9)8-18/h1,3,6H,2,4-5,7-8H2. The molecule has 1 aromatic heterocycles. The summed E-state index contributed by atoms with van der Waals surface area (Å²) in [7, 11) is 0. The fraction of sp³-hybridized carbons (Fsp3) is 0.538. The molecule has 1 fully saturated rings. The van der Waals surface area contributed by atoms with Crippen LogP contribution >= 0.6 is 0 Å². The average Bonchev–Trinajstić information content (AvgIpc) is 2.68. The predicted octanol–water partition coefficient (Wildman–Crippen LogP) is 2.66. The topological polar surface area (TPSA) is 33.2 Å². The fourth-order valence-electron chi connectivity index (χ4n) is 2.80. The molecule has 1 aliphatic carbocycles. The van der Waals surface area contributed by atoms with Gasteiger partial charge in [0.2, 0.25) is 5.91 Å². The van der Waals surface area contributed by atoms with Crippen molar-refractivity contribution >= 4 is 5.91 Å². The molecule has 102 valence electrons. The smallest absolute Gasteiger partial charge is 0.332 e. The molecule has 0 radical (unpaired) electrons. The molecule has 6 heteroatoms. The van der Waals surface area contributed by atoms with Gasteiger partial charge < -0.3 is 4.90 Å². The molecule has 0 unspecified atom stereocenters. The number of halogens is 3. The lowest BCUT2D eigenvalue weighted by atomic mass is 9.67. The summed E-state index contributed by atoms with van der Waals surface area (Å²) >= 11 is 0. The van der Waals surface area contributed by atoms with Crippen LogP contribution in [-0.2, 0) is 17.9 Å². The summed E-state index contributed by atoms with van der Waals surface area (Å²) in [6.45, 7) is 0.423. The lowest BCUT2D eigenvalue weighted by molar-refractivity contribution is -0.248. The minimum atomic E-state index is -4.45. The van der Waals surface area contributed by atoms with Crippen molar-refractivity contribution in [1.29, 1.82) is 0 Å². The van der Waals surface area contributed by atoms with Crippen LogP contribution in [0, 0.1) is 5.41 Å². The van der Waals surface area contributed by atoms with Gasteiger partial charge in [0, 0.05) is 12.7 Å². The molecule has 1 aromatic rings. The molecule has 1 aliphatic heterocycles. The van der Waals surface area contributed by atoms with Crippen molar-refractivity contribution in [2.75, 3.05) is 0 Å². The Balaban J connectivity index is 1.84. The molecule has 2 aliphatic rings. The fourth-order valence-corrected chi connectivity index (χ4v) is 2.80. The van der Waals surface area contributed by atoms with E-state index in [0.29, 0.717) is 12.1 Å². The highest BCUT2D eigenvalue weighted by atomic mass is 19.4. The van der Waals surface area contributed by atoms with Gasteiger partial charge in [-0.2, -0.15) is 13.2 Å². The lowest BCUT2D eigenvalue weighted by Crippen LogP contribution is -2.55. The Morgan fingerprint density at radius 2 is 2.05 bits per heavy atom. The number of rotatable bonds is 1. The van der Waals surface area contributed by atoms with Gasteiger partial charge in [0.05, 0.1) is 12.2 Å². The van der Waals surface area contributed by atoms with Crippen LogP contribution in [0.5, 0.6) is 0 Å². The maximum Gasteiger partial charge on any atom is 0.403 e. The molecule has 1 saturated carbocycles. The predicted molar refractivity (Wildman–Crippen MR) is 60.8 cm³/mol. The van der Waals surface area contributed by atoms with Crippen LogP contribution in [0.15, 0.2) is 18.3 Å². The van der Waals surface area contributed by atoms with E-state index in [9.17, 15) is 18.0 Å². The Morgan fingerprint density at radius 3 is 2.58 bits per heavy atom. The highest BCUT2D eigenvalue weighted by Crippen LogP contribution is 2.54. The number of fused-ring (bicyclic) bond motifs is 1. The third-order valence-electron chi connectivity index (χ3n) is 4.13. The van der Waals surface area contributed by atoms with Crippen molar-refractivity contribution < 1.29 is 18.0 Å². The van der Waals surface area contributed by atoms with Crippen molar-refractivity contribution in [3.8, 4) is 0 Å². The van der Waals surface area contributed by atoms with Crippen LogP contribution in [0.1, 0.15) is 30.5 Å². The van der Waals surface area contributed by atoms with Crippen molar-refractivity contribution in [2.24, 2.45) is 5.41 Å². The Bertz CT molecular complexity index is 498. The minimum absolute atomic E-state index is 0.0877. The number of amides is 1. The Hall–Kier alpha value is -1.59. The molecule has 0 spiro atoms. The van der Waals surface area contributed by atoms with Gasteiger partial charge in [0.25, 0.3) is 0 Å². The van der Waals surface area contributed by atoms with E-state index in [1.807, 2.05) is 0 Å². The van der Waals surface area contributed by atoms with E-state index >= 15 is 0 Å². The van der Waals surface area contributed by atoms with Crippen LogP contribution in [0.2, 0.25) is 0 Å². The SMILES string of the molecule is O=C(N1Cc2cccnc2C1)C1(C(F)(F)F)CCC1. The Labute approximate surface area is 108 Å². The zero-order valence-electron chi connectivity index (χ0n) is 10.2. The second-order valence-corrected chi connectivity index (χ2v) is 5.20. The number of carbonyl (C=O) groups excluding carboxylic acids is 1. The maximum absolute atomic E-state index is 13.1. The van der Waals surface area contributed by atoms with Crippen LogP contribution < -0.4 is 0 Å². The number of alkyl halides is 3. The molecule has 0 N–H and O–H groups in total. The molecule has 2 heterocycles. The molecule has 19 heavy (non-hydrogen) atoms. The molecule has 0 saturated heterocycles. The van der Waals surface area contributed by atoms with Gasteiger partial charge in [-0.05, 0) is 24.5 Å². The van der Waals surface area contributed by atoms with E-state index in [0.717, 1.165) is 5.56 Å². The van der Waals surface area contributed by atoms with E-state index in [2.05, 4.69) is 4.98 Å². The number of pyridine rings is 1. The average molecular weight is 270 g/mol. The summed E-state index contributed by atoms with van der Waals surface area (Å²) in [4.78, 5) is 17.6. The van der Waals surface area contributed by atoms with E-state index < -0.39 is 17.5 Å². The first kappa shape index (κ1) is 12.4. The Kier molecular flexibility index (Phi) is 2.59. The monoisotopic (exact) mass is 270 g/mol. The van der Waals surface area contributed by atoms with Gasteiger partial charge in [-0.1, -0.05) is 12.5 Å². The van der Waals surface area contributed by atoms with Crippen LogP contribution in [0.25, 0.3) is 0 Å². The second-order valence-electron chi connectivity index (χ2n) is 5.20. The first-order chi connectivity index (χ1) is 8.94. The highest BCUT2D eigenvalue weighted by molar-refractivity contribution is 5.85. The maximum atomic E-state index is 13.1. The van der Waals surface area contributed by atoms with Gasteiger partial charge in [0.1, 0.15) is 5.41 Å². The van der Waals surface area contributed by atoms with Gasteiger partial charge >= 0.3 is 6.18 Å². The second kappa shape index (κ2) is 3.95. The van der Waals surface area contributed by atoms with Gasteiger partial charge in [-0.15, -0.1) is 0 Å². The summed E-state index contributed by atoms with van der Waals surface area (Å²) in [5, 5.41) is 0. The van der Waals surface area contributed by atoms with Crippen molar-refractivity contribution in [1.82, 2.24) is 9.88 Å². The summed E-state index contributed by atoms with van der Waals surface area (Å²) in [5.41, 5.74) is -0.602. The normalized spacial score (nSPS) is 20.9. The first-order valence-corrected chi connectivity index (χ1v) is 6.23. The van der Waals surface area contributed by atoms with Gasteiger partial charge in [-0.25, -0.2) is 0 Å². The summed E-state index contributed by atoms with van der Waals surface area (Å²) in [5.74, 6) is -0.788. The quantitative estimate of drug-likeness (QED) is 0.786. The van der Waals surface area contributed by atoms with E-state index in [4.69, 9.17) is 0 Å². The first-order valence-electron chi connectivity index (χ1n) is 6.23. The number of aromatic nitrogens is 1. The minimum Gasteiger partial charge on any atom is -0.332 e. The van der Waals surface area contributed by atoms with Crippen molar-refractivity contribution in [3.05, 3.63) is 29.6 Å². The summed E-state index contributed by atoms with van der Waals surface area (Å²) in [6.07, 6.45) is -2.57. The third-order valence-corrected chi connectivity index (χ3v) is 4.13. The lowest BCUT2D eigenvalue weighted by Gasteiger charge is -2.43. The Morgan fingerprint density at radius 1 is 1.32 bits per heavy atom. The number of hydrogen-bond donors (Lipinski definition) is 0. The van der Waals surface area contributed by atoms with Crippen LogP contribution in [-0.4, -0.2) is 22.0 Å². The molecule has 3 rings (SSSR count). The van der Waals surface area contributed by atoms with Crippen LogP contribution in [0.4, 0.5) is 13.2 Å². The molecule has 0 bridgehead atoms. The van der Waals surface area contributed by atoms with E-state index in [1.165, 1.54) is 4.90 Å². The third kappa shape index (κ3) is 1.73. The van der Waals surface area contributed by atoms with Gasteiger partial charge in [0.15, 0.2) is 0 Å². The largest absolute Gasteiger partial charge is 0.403 e. The molecule has 3 nitrogen and oxygen atoms in total. The number of nitrogens with zero attached hydrogens (tertiary/aromatic N) is 2. The zero-order valence-corrected chi connectivity index (χ0v) is 10.2. The summed E-state index contributed by atoms with van der Waals surface area (Å²) < 4.78 is 39.4. The molecule has 1 amide bonds. The number of carbonyl (C=O) groups is 1. The molecule has 0 aromatic carbocycles. The number of hydrogen-bond acceptors (Lipinski definition) is 2. The van der Waals surface area contributed by atoms with Crippen molar-refractivity contribution in [2.45, 2.75) is 38.5 Å². The van der Waals surface area contributed by atoms with E-state index in [-0.39, 0.29) is 25.9 Å². The summed E-state index contributed by atoms with van der Waals surface area (Å²) in [6, 6.07) is 3.53. The zero-order chi connectivity index (χ0) is 13.7. The molecular weight excluding hydrogens is 257 g/mol. The molecule has 0 atom stereocenters. The van der Waals surface area contributed by atoms with Crippen LogP contribution in [0.3, 0.4) is 0 Å². The van der Waals surface area contributed by atoms with E-state index in [1.54, 1.807) is 18.3 Å². The van der Waals surface area contributed by atoms with Crippen molar-refractivity contribution in [3.63, 3.8) is 0 Å². The highest BCUT2D eigenvalue weighted by Gasteiger charge is 2.64. The van der Waals surface area contributed by atoms with Gasteiger partial charge in [-0.3, -0.25) is 9.78 Å².